The van der Waals surface area contributed by atoms with Gasteiger partial charge in [-0.15, -0.1) is 11.3 Å². The van der Waals surface area contributed by atoms with E-state index in [2.05, 4.69) is 178 Å². The zero-order chi connectivity index (χ0) is 34.8. The van der Waals surface area contributed by atoms with Crippen molar-refractivity contribution in [3.05, 3.63) is 181 Å². The van der Waals surface area contributed by atoms with E-state index in [-0.39, 0.29) is 5.41 Å². The lowest BCUT2D eigenvalue weighted by atomic mass is 9.81. The first-order chi connectivity index (χ1) is 25.5. The number of fused-ring (bicyclic) bond motifs is 5. The lowest BCUT2D eigenvalue weighted by molar-refractivity contribution is 0.661. The van der Waals surface area contributed by atoms with Gasteiger partial charge in [0.2, 0.25) is 0 Å². The number of benzene rings is 7. The molecule has 0 saturated heterocycles. The first-order valence-electron chi connectivity index (χ1n) is 17.8. The van der Waals surface area contributed by atoms with E-state index in [0.29, 0.717) is 5.82 Å². The van der Waals surface area contributed by atoms with E-state index in [1.807, 2.05) is 17.4 Å². The molecule has 0 saturated carbocycles. The molecule has 0 N–H and O–H groups in total. The van der Waals surface area contributed by atoms with Gasteiger partial charge in [0.25, 0.3) is 0 Å². The van der Waals surface area contributed by atoms with Gasteiger partial charge in [-0.05, 0) is 85.9 Å². The molecule has 10 rings (SSSR count). The molecule has 1 aliphatic carbocycles. The minimum absolute atomic E-state index is 0.101. The van der Waals surface area contributed by atoms with Crippen molar-refractivity contribution in [1.82, 2.24) is 9.97 Å². The van der Waals surface area contributed by atoms with Crippen molar-refractivity contribution in [3.63, 3.8) is 0 Å². The van der Waals surface area contributed by atoms with Crippen LogP contribution in [0.1, 0.15) is 25.0 Å². The number of hydrogen-bond acceptors (Lipinski definition) is 3. The zero-order valence-electron chi connectivity index (χ0n) is 29.0. The normalized spacial score (nSPS) is 13.0. The molecule has 0 spiro atoms. The van der Waals surface area contributed by atoms with Crippen LogP contribution < -0.4 is 0 Å². The maximum atomic E-state index is 5.23. The second-order valence-corrected chi connectivity index (χ2v) is 15.3. The van der Waals surface area contributed by atoms with Gasteiger partial charge >= 0.3 is 0 Å². The summed E-state index contributed by atoms with van der Waals surface area (Å²) in [5.41, 5.74) is 13.9. The fraction of sp³-hybridized carbons (Fsp3) is 0.0612. The minimum Gasteiger partial charge on any atom is -0.228 e. The van der Waals surface area contributed by atoms with Crippen LogP contribution in [0.15, 0.2) is 170 Å². The summed E-state index contributed by atoms with van der Waals surface area (Å²) in [6.45, 7) is 4.72. The van der Waals surface area contributed by atoms with Crippen LogP contribution in [0.3, 0.4) is 0 Å². The average Bonchev–Trinajstić information content (AvgIpc) is 3.73. The summed E-state index contributed by atoms with van der Waals surface area (Å²) in [5, 5.41) is 3.81. The molecule has 0 bridgehead atoms. The molecule has 246 valence electrons. The largest absolute Gasteiger partial charge is 0.228 e. The Morgan fingerprint density at radius 3 is 1.88 bits per heavy atom. The van der Waals surface area contributed by atoms with Crippen molar-refractivity contribution in [3.8, 4) is 66.6 Å². The first-order valence-corrected chi connectivity index (χ1v) is 18.6. The molecule has 0 aliphatic heterocycles. The fourth-order valence-corrected chi connectivity index (χ4v) is 9.15. The number of rotatable bonds is 5. The van der Waals surface area contributed by atoms with Gasteiger partial charge in [-0.25, -0.2) is 9.97 Å². The Morgan fingerprint density at radius 2 is 1.06 bits per heavy atom. The van der Waals surface area contributed by atoms with Gasteiger partial charge in [-0.2, -0.15) is 0 Å². The predicted octanol–water partition coefficient (Wildman–Crippen LogP) is 13.5. The maximum absolute atomic E-state index is 5.23. The monoisotopic (exact) mass is 682 g/mol. The Labute approximate surface area is 307 Å². The number of aromatic nitrogens is 2. The smallest absolute Gasteiger partial charge is 0.160 e. The molecule has 9 aromatic rings. The average molecular weight is 683 g/mol. The third kappa shape index (κ3) is 5.00. The third-order valence-electron chi connectivity index (χ3n) is 10.7. The van der Waals surface area contributed by atoms with Gasteiger partial charge in [-0.1, -0.05) is 147 Å². The summed E-state index contributed by atoms with van der Waals surface area (Å²) in [4.78, 5) is 11.7. The molecule has 2 heterocycles. The highest BCUT2D eigenvalue weighted by Gasteiger charge is 2.37. The Bertz CT molecular complexity index is 2790. The Balaban J connectivity index is 1.14. The van der Waals surface area contributed by atoms with Crippen molar-refractivity contribution in [2.24, 2.45) is 0 Å². The summed E-state index contributed by atoms with van der Waals surface area (Å²) < 4.78 is 1.28. The van der Waals surface area contributed by atoms with Crippen LogP contribution in [0.2, 0.25) is 0 Å². The van der Waals surface area contributed by atoms with Crippen LogP contribution in [0.25, 0.3) is 87.5 Å². The molecule has 0 fully saturated rings. The van der Waals surface area contributed by atoms with Crippen LogP contribution in [0.5, 0.6) is 0 Å². The van der Waals surface area contributed by atoms with E-state index in [9.17, 15) is 0 Å². The van der Waals surface area contributed by atoms with Gasteiger partial charge < -0.3 is 0 Å². The van der Waals surface area contributed by atoms with Gasteiger partial charge in [-0.3, -0.25) is 0 Å². The highest BCUT2D eigenvalue weighted by Crippen LogP contribution is 2.53. The lowest BCUT2D eigenvalue weighted by Crippen LogP contribution is -2.14. The minimum atomic E-state index is -0.101. The molecule has 0 atom stereocenters. The van der Waals surface area contributed by atoms with Crippen molar-refractivity contribution >= 4 is 32.2 Å². The molecule has 1 aliphatic rings. The maximum Gasteiger partial charge on any atom is 0.160 e. The zero-order valence-corrected chi connectivity index (χ0v) is 29.8. The molecule has 0 radical (unpaired) electrons. The van der Waals surface area contributed by atoms with Crippen molar-refractivity contribution < 1.29 is 0 Å². The van der Waals surface area contributed by atoms with E-state index in [4.69, 9.17) is 9.97 Å². The molecular weight excluding hydrogens is 649 g/mol. The summed E-state index contributed by atoms with van der Waals surface area (Å²) in [7, 11) is 0. The van der Waals surface area contributed by atoms with E-state index >= 15 is 0 Å². The number of hydrogen-bond donors (Lipinski definition) is 0. The first kappa shape index (κ1) is 30.6. The van der Waals surface area contributed by atoms with Crippen LogP contribution >= 0.6 is 11.3 Å². The highest BCUT2D eigenvalue weighted by molar-refractivity contribution is 7.22. The summed E-state index contributed by atoms with van der Waals surface area (Å²) >= 11 is 1.82. The molecule has 3 heteroatoms. The Hall–Kier alpha value is -6.16. The second kappa shape index (κ2) is 12.0. The number of thiophene rings is 1. The summed E-state index contributed by atoms with van der Waals surface area (Å²) in [6, 6.07) is 61.2. The summed E-state index contributed by atoms with van der Waals surface area (Å²) in [5.74, 6) is 0.716. The summed E-state index contributed by atoms with van der Waals surface area (Å²) in [6.07, 6.45) is 0. The van der Waals surface area contributed by atoms with Crippen LogP contribution in [-0.2, 0) is 5.41 Å². The molecule has 0 amide bonds. The fourth-order valence-electron chi connectivity index (χ4n) is 8.04. The predicted molar refractivity (Wildman–Crippen MR) is 220 cm³/mol. The molecular formula is C49H34N2S. The van der Waals surface area contributed by atoms with Gasteiger partial charge in [0.1, 0.15) is 0 Å². The van der Waals surface area contributed by atoms with E-state index in [1.165, 1.54) is 64.7 Å². The van der Waals surface area contributed by atoms with E-state index in [1.54, 1.807) is 0 Å². The van der Waals surface area contributed by atoms with Crippen molar-refractivity contribution in [2.45, 2.75) is 19.3 Å². The number of nitrogens with zero attached hydrogens (tertiary/aromatic N) is 2. The SMILES string of the molecule is CC1(C)c2cc3ccccc3cc2-c2c(-c3cccc(-c4cc(-c5ccccc5-c5cc6ccccc6s5)nc(-c5ccccc5)n4)c3)cccc21. The Morgan fingerprint density at radius 1 is 0.423 bits per heavy atom. The van der Waals surface area contributed by atoms with Gasteiger partial charge in [0, 0.05) is 37.2 Å². The van der Waals surface area contributed by atoms with E-state index < -0.39 is 0 Å². The van der Waals surface area contributed by atoms with Crippen LogP contribution in [0.4, 0.5) is 0 Å². The van der Waals surface area contributed by atoms with Gasteiger partial charge in [0.15, 0.2) is 5.82 Å². The van der Waals surface area contributed by atoms with Crippen LogP contribution in [-0.4, -0.2) is 9.97 Å². The van der Waals surface area contributed by atoms with Gasteiger partial charge in [0.05, 0.1) is 11.4 Å². The standard InChI is InChI=1S/C49H34N2S/c1-49(2)41-24-13-23-37(47(41)40-27-32-16-6-7-17-33(32)28-42(40)49)34-19-12-20-35(26-34)43-30-44(51-48(50-43)31-14-4-3-5-15-31)38-21-9-10-22-39(38)46-29-36-18-8-11-25-45(36)52-46/h3-30H,1-2H3. The lowest BCUT2D eigenvalue weighted by Gasteiger charge is -2.22. The van der Waals surface area contributed by atoms with Crippen molar-refractivity contribution in [1.29, 1.82) is 0 Å². The highest BCUT2D eigenvalue weighted by atomic mass is 32.1. The van der Waals surface area contributed by atoms with E-state index in [0.717, 1.165) is 28.1 Å². The third-order valence-corrected chi connectivity index (χ3v) is 11.8. The Kier molecular flexibility index (Phi) is 7.06. The van der Waals surface area contributed by atoms with Crippen LogP contribution in [0, 0.1) is 0 Å². The molecule has 0 unspecified atom stereocenters. The van der Waals surface area contributed by atoms with Crippen molar-refractivity contribution in [2.75, 3.05) is 0 Å². The second-order valence-electron chi connectivity index (χ2n) is 14.2. The molecule has 2 nitrogen and oxygen atoms in total. The quantitative estimate of drug-likeness (QED) is 0.181. The molecule has 2 aromatic heterocycles. The molecule has 52 heavy (non-hydrogen) atoms. The topological polar surface area (TPSA) is 25.8 Å². The molecule has 7 aromatic carbocycles.